The Morgan fingerprint density at radius 1 is 0.535 bits per heavy atom. The topological polar surface area (TPSA) is 84.1 Å². The average Bonchev–Trinajstić information content (AvgIpc) is 3.67. The van der Waals surface area contributed by atoms with Gasteiger partial charge in [0.05, 0.1) is 8.66 Å². The number of hydrogen-bond donors (Lipinski definition) is 1. The number of nitrogens with one attached hydrogen (secondary N) is 1. The lowest BCUT2D eigenvalue weighted by Crippen LogP contribution is -1.90. The van der Waals surface area contributed by atoms with E-state index in [9.17, 15) is 19.2 Å². The van der Waals surface area contributed by atoms with Crippen molar-refractivity contribution in [3.63, 3.8) is 0 Å². The number of carbonyl (C=O) groups excluding carboxylic acids is 4. The lowest BCUT2D eigenvalue weighted by Gasteiger charge is -1.99. The SMILES string of the molecule is CC(=O)c1ccc(Br)s1.CC(=O)c1ccc2[nH]ccc2c1.CC(=O)c1ccc2ccccc2c1.CC(=O)c1ccccc1. The maximum Gasteiger partial charge on any atom is 0.169 e. The second-order valence-corrected chi connectivity index (χ2v) is 12.0. The second-order valence-electron chi connectivity index (χ2n) is 9.54. The molecular weight excluding hydrogens is 622 g/mol. The zero-order chi connectivity index (χ0) is 31.4. The van der Waals surface area contributed by atoms with Crippen molar-refractivity contribution in [3.8, 4) is 0 Å². The van der Waals surface area contributed by atoms with Crippen molar-refractivity contribution in [2.45, 2.75) is 27.7 Å². The van der Waals surface area contributed by atoms with Crippen LogP contribution < -0.4 is 0 Å². The third kappa shape index (κ3) is 10.4. The third-order valence-electron chi connectivity index (χ3n) is 6.22. The molecule has 0 saturated carbocycles. The van der Waals surface area contributed by atoms with Crippen LogP contribution in [0.4, 0.5) is 0 Å². The van der Waals surface area contributed by atoms with E-state index in [2.05, 4.69) is 20.9 Å². The van der Waals surface area contributed by atoms with Crippen molar-refractivity contribution in [2.75, 3.05) is 0 Å². The molecule has 6 aromatic rings. The summed E-state index contributed by atoms with van der Waals surface area (Å²) in [5.41, 5.74) is 3.39. The number of thiophene rings is 1. The minimum atomic E-state index is 0.109. The molecule has 2 heterocycles. The van der Waals surface area contributed by atoms with Crippen LogP contribution >= 0.6 is 27.3 Å². The summed E-state index contributed by atoms with van der Waals surface area (Å²) in [5.74, 6) is 0.477. The normalized spacial score (nSPS) is 9.88. The molecular formula is C36H32BrNO4S. The molecule has 5 nitrogen and oxygen atoms in total. The number of fused-ring (bicyclic) bond motifs is 2. The first-order valence-electron chi connectivity index (χ1n) is 13.4. The molecule has 1 N–H and O–H groups in total. The Hall–Kier alpha value is -4.46. The van der Waals surface area contributed by atoms with Gasteiger partial charge in [0.2, 0.25) is 0 Å². The highest BCUT2D eigenvalue weighted by molar-refractivity contribution is 9.11. The molecule has 0 atom stereocenters. The van der Waals surface area contributed by atoms with E-state index in [0.29, 0.717) is 0 Å². The molecule has 0 aliphatic heterocycles. The molecule has 0 aliphatic rings. The molecule has 0 unspecified atom stereocenters. The van der Waals surface area contributed by atoms with Crippen LogP contribution in [0.5, 0.6) is 0 Å². The maximum absolute atomic E-state index is 11.1. The Balaban J connectivity index is 0.000000159. The smallest absolute Gasteiger partial charge is 0.169 e. The lowest BCUT2D eigenvalue weighted by molar-refractivity contribution is 0.100. The molecule has 0 amide bonds. The Labute approximate surface area is 263 Å². The Morgan fingerprint density at radius 3 is 1.60 bits per heavy atom. The number of Topliss-reactive ketones (excluding diaryl/α,β-unsaturated/α-hetero) is 4. The fraction of sp³-hybridized carbons (Fsp3) is 0.111. The van der Waals surface area contributed by atoms with Gasteiger partial charge in [0, 0.05) is 33.8 Å². The Bertz CT molecular complexity index is 1850. The van der Waals surface area contributed by atoms with E-state index >= 15 is 0 Å². The van der Waals surface area contributed by atoms with Crippen LogP contribution in [0.15, 0.2) is 119 Å². The van der Waals surface area contributed by atoms with Gasteiger partial charge in [-0.15, -0.1) is 11.3 Å². The van der Waals surface area contributed by atoms with Gasteiger partial charge in [0.25, 0.3) is 0 Å². The molecule has 218 valence electrons. The molecule has 0 fully saturated rings. The molecule has 0 bridgehead atoms. The van der Waals surface area contributed by atoms with Crippen LogP contribution in [0.1, 0.15) is 68.4 Å². The molecule has 0 radical (unpaired) electrons. The third-order valence-corrected chi connectivity index (χ3v) is 7.94. The summed E-state index contributed by atoms with van der Waals surface area (Å²) in [6.07, 6.45) is 1.87. The number of hydrogen-bond acceptors (Lipinski definition) is 5. The van der Waals surface area contributed by atoms with Gasteiger partial charge in [0.1, 0.15) is 0 Å². The van der Waals surface area contributed by atoms with Crippen LogP contribution in [0, 0.1) is 0 Å². The van der Waals surface area contributed by atoms with Crippen LogP contribution in [0.2, 0.25) is 0 Å². The zero-order valence-electron chi connectivity index (χ0n) is 24.4. The monoisotopic (exact) mass is 653 g/mol. The molecule has 0 aliphatic carbocycles. The average molecular weight is 655 g/mol. The van der Waals surface area contributed by atoms with Gasteiger partial charge >= 0.3 is 0 Å². The first kappa shape index (κ1) is 33.0. The van der Waals surface area contributed by atoms with Crippen LogP contribution in [-0.4, -0.2) is 28.1 Å². The minimum Gasteiger partial charge on any atom is -0.361 e. The number of halogens is 1. The highest BCUT2D eigenvalue weighted by Crippen LogP contribution is 2.22. The molecule has 2 aromatic heterocycles. The van der Waals surface area contributed by atoms with E-state index in [1.165, 1.54) is 16.7 Å². The molecule has 6 rings (SSSR count). The quantitative estimate of drug-likeness (QED) is 0.192. The number of H-pyrrole nitrogens is 1. The first-order chi connectivity index (χ1) is 20.5. The molecule has 4 aromatic carbocycles. The summed E-state index contributed by atoms with van der Waals surface area (Å²) in [6.45, 7) is 6.30. The standard InChI is InChI=1S/C12H10O.C10H9NO.C8H8O.C6H5BrOS/c1-9(13)11-7-6-10-4-2-3-5-12(10)8-11;1-7(12)8-2-3-10-9(6-8)4-5-11-10;1-7(9)8-5-3-2-4-6-8;1-4(8)5-2-3-6(7)9-5/h2-8H,1H3;2-6,11H,1H3;2-6H,1H3;2-3H,1H3. The van der Waals surface area contributed by atoms with Gasteiger partial charge in [-0.05, 0) is 96.9 Å². The lowest BCUT2D eigenvalue weighted by atomic mass is 10.1. The fourth-order valence-corrected chi connectivity index (χ4v) is 5.14. The molecule has 0 spiro atoms. The first-order valence-corrected chi connectivity index (χ1v) is 15.1. The van der Waals surface area contributed by atoms with Gasteiger partial charge in [-0.25, -0.2) is 0 Å². The number of benzene rings is 4. The van der Waals surface area contributed by atoms with E-state index in [1.807, 2.05) is 115 Å². The summed E-state index contributed by atoms with van der Waals surface area (Å²) < 4.78 is 1.01. The number of aromatic amines is 1. The molecule has 0 saturated heterocycles. The second kappa shape index (κ2) is 16.2. The number of ketones is 4. The largest absolute Gasteiger partial charge is 0.361 e. The summed E-state index contributed by atoms with van der Waals surface area (Å²) in [4.78, 5) is 47.3. The predicted octanol–water partition coefficient (Wildman–Crippen LogP) is 10.0. The van der Waals surface area contributed by atoms with Crippen molar-refractivity contribution < 1.29 is 19.2 Å². The van der Waals surface area contributed by atoms with Gasteiger partial charge in [-0.3, -0.25) is 19.2 Å². The molecule has 43 heavy (non-hydrogen) atoms. The summed E-state index contributed by atoms with van der Waals surface area (Å²) in [6, 6.07) is 34.3. The fourth-order valence-electron chi connectivity index (χ4n) is 3.86. The van der Waals surface area contributed by atoms with E-state index in [4.69, 9.17) is 0 Å². The highest BCUT2D eigenvalue weighted by Gasteiger charge is 2.01. The minimum absolute atomic E-state index is 0.109. The van der Waals surface area contributed by atoms with Gasteiger partial charge < -0.3 is 4.98 Å². The Kier molecular flexibility index (Phi) is 12.5. The predicted molar refractivity (Wildman–Crippen MR) is 181 cm³/mol. The highest BCUT2D eigenvalue weighted by atomic mass is 79.9. The van der Waals surface area contributed by atoms with Crippen LogP contribution in [0.25, 0.3) is 21.7 Å². The number of carbonyl (C=O) groups is 4. The van der Waals surface area contributed by atoms with Crippen molar-refractivity contribution in [3.05, 3.63) is 141 Å². The number of rotatable bonds is 4. The van der Waals surface area contributed by atoms with E-state index in [0.717, 1.165) is 41.6 Å². The van der Waals surface area contributed by atoms with Gasteiger partial charge in [-0.1, -0.05) is 66.7 Å². The van der Waals surface area contributed by atoms with E-state index in [1.54, 1.807) is 27.7 Å². The Morgan fingerprint density at radius 2 is 1.09 bits per heavy atom. The van der Waals surface area contributed by atoms with Crippen molar-refractivity contribution >= 4 is 72.1 Å². The number of aromatic nitrogens is 1. The summed E-state index contributed by atoms with van der Waals surface area (Å²) >= 11 is 4.73. The van der Waals surface area contributed by atoms with Crippen LogP contribution in [0.3, 0.4) is 0 Å². The van der Waals surface area contributed by atoms with Crippen molar-refractivity contribution in [1.82, 2.24) is 4.98 Å². The zero-order valence-corrected chi connectivity index (χ0v) is 26.8. The van der Waals surface area contributed by atoms with Gasteiger partial charge in [0.15, 0.2) is 23.1 Å². The van der Waals surface area contributed by atoms with Crippen molar-refractivity contribution in [2.24, 2.45) is 0 Å². The molecule has 7 heteroatoms. The summed E-state index contributed by atoms with van der Waals surface area (Å²) in [7, 11) is 0. The van der Waals surface area contributed by atoms with E-state index in [-0.39, 0.29) is 23.1 Å². The van der Waals surface area contributed by atoms with Crippen molar-refractivity contribution in [1.29, 1.82) is 0 Å². The summed E-state index contributed by atoms with van der Waals surface area (Å²) in [5, 5.41) is 3.38. The van der Waals surface area contributed by atoms with Crippen LogP contribution in [-0.2, 0) is 0 Å². The van der Waals surface area contributed by atoms with E-state index < -0.39 is 0 Å². The van der Waals surface area contributed by atoms with Gasteiger partial charge in [-0.2, -0.15) is 0 Å². The maximum atomic E-state index is 11.1.